The molecule has 0 bridgehead atoms. The molecule has 0 aliphatic rings. The van der Waals surface area contributed by atoms with Crippen molar-refractivity contribution >= 4 is 17.3 Å². The molecule has 2 rings (SSSR count). The summed E-state index contributed by atoms with van der Waals surface area (Å²) in [5.41, 5.74) is 6.08. The second kappa shape index (κ2) is 4.82. The van der Waals surface area contributed by atoms with Crippen molar-refractivity contribution in [1.82, 2.24) is 0 Å². The summed E-state index contributed by atoms with van der Waals surface area (Å²) in [7, 11) is 1.34. The van der Waals surface area contributed by atoms with Gasteiger partial charge in [-0.25, -0.2) is 8.78 Å². The zero-order valence-electron chi connectivity index (χ0n) is 9.51. The molecule has 0 aromatic heterocycles. The largest absolute Gasteiger partial charge is 0.497 e. The predicted molar refractivity (Wildman–Crippen MR) is 67.8 cm³/mol. The summed E-state index contributed by atoms with van der Waals surface area (Å²) in [6.07, 6.45) is 0. The maximum absolute atomic E-state index is 13.8. The smallest absolute Gasteiger partial charge is 0.137 e. The van der Waals surface area contributed by atoms with Crippen LogP contribution in [0.3, 0.4) is 0 Å². The topological polar surface area (TPSA) is 35.2 Å². The summed E-state index contributed by atoms with van der Waals surface area (Å²) in [6, 6.07) is 6.66. The number of ether oxygens (including phenoxy) is 1. The number of halogens is 3. The first kappa shape index (κ1) is 12.6. The van der Waals surface area contributed by atoms with Crippen LogP contribution in [0.5, 0.6) is 5.75 Å². The highest BCUT2D eigenvalue weighted by molar-refractivity contribution is 6.33. The van der Waals surface area contributed by atoms with Crippen molar-refractivity contribution in [3.8, 4) is 16.9 Å². The molecule has 2 aromatic rings. The molecule has 0 aliphatic heterocycles. The maximum atomic E-state index is 13.8. The molecule has 0 atom stereocenters. The second-order valence-corrected chi connectivity index (χ2v) is 4.11. The average molecular weight is 270 g/mol. The molecule has 0 saturated heterocycles. The van der Waals surface area contributed by atoms with Gasteiger partial charge in [0.2, 0.25) is 0 Å². The quantitative estimate of drug-likeness (QED) is 0.840. The van der Waals surface area contributed by atoms with Gasteiger partial charge in [0.1, 0.15) is 17.4 Å². The van der Waals surface area contributed by atoms with Crippen LogP contribution in [0, 0.1) is 11.6 Å². The van der Waals surface area contributed by atoms with E-state index < -0.39 is 11.6 Å². The molecule has 0 saturated carbocycles. The Balaban J connectivity index is 2.60. The lowest BCUT2D eigenvalue weighted by Gasteiger charge is -2.09. The molecule has 0 unspecified atom stereocenters. The van der Waals surface area contributed by atoms with E-state index in [2.05, 4.69) is 0 Å². The highest BCUT2D eigenvalue weighted by atomic mass is 35.5. The lowest BCUT2D eigenvalue weighted by molar-refractivity contribution is 0.407. The Hall–Kier alpha value is -1.81. The van der Waals surface area contributed by atoms with E-state index in [1.165, 1.54) is 25.3 Å². The molecular formula is C13H10ClF2NO. The van der Waals surface area contributed by atoms with Crippen LogP contribution >= 0.6 is 11.6 Å². The third-order valence-electron chi connectivity index (χ3n) is 2.54. The molecule has 0 amide bonds. The molecule has 2 aromatic carbocycles. The first-order chi connectivity index (χ1) is 8.52. The number of benzene rings is 2. The summed E-state index contributed by atoms with van der Waals surface area (Å²) >= 11 is 5.83. The fourth-order valence-corrected chi connectivity index (χ4v) is 1.81. The van der Waals surface area contributed by atoms with Gasteiger partial charge in [0.25, 0.3) is 0 Å². The highest BCUT2D eigenvalue weighted by Gasteiger charge is 2.14. The monoisotopic (exact) mass is 269 g/mol. The number of anilines is 1. The minimum atomic E-state index is -0.715. The molecule has 2 nitrogen and oxygen atoms in total. The van der Waals surface area contributed by atoms with Crippen LogP contribution in [0.2, 0.25) is 5.02 Å². The summed E-state index contributed by atoms with van der Waals surface area (Å²) in [5.74, 6) is -1.31. The van der Waals surface area contributed by atoms with Crippen LogP contribution in [0.25, 0.3) is 11.1 Å². The molecule has 18 heavy (non-hydrogen) atoms. The van der Waals surface area contributed by atoms with E-state index in [4.69, 9.17) is 22.1 Å². The second-order valence-electron chi connectivity index (χ2n) is 3.70. The van der Waals surface area contributed by atoms with E-state index in [1.807, 2.05) is 0 Å². The summed E-state index contributed by atoms with van der Waals surface area (Å²) in [4.78, 5) is 0. The van der Waals surface area contributed by atoms with E-state index in [1.54, 1.807) is 0 Å². The van der Waals surface area contributed by atoms with Gasteiger partial charge in [-0.3, -0.25) is 0 Å². The number of hydrogen-bond donors (Lipinski definition) is 1. The van der Waals surface area contributed by atoms with Crippen molar-refractivity contribution in [3.05, 3.63) is 47.0 Å². The van der Waals surface area contributed by atoms with E-state index in [0.29, 0.717) is 11.3 Å². The molecule has 0 spiro atoms. The highest BCUT2D eigenvalue weighted by Crippen LogP contribution is 2.32. The standard InChI is InChI=1S/C13H10ClF2NO/c1-18-8-5-10(15)13(11(16)6-8)7-2-3-12(17)9(14)4-7/h2-6H,17H2,1H3. The first-order valence-electron chi connectivity index (χ1n) is 5.11. The maximum Gasteiger partial charge on any atom is 0.137 e. The molecule has 0 radical (unpaired) electrons. The Bertz CT molecular complexity index is 579. The Morgan fingerprint density at radius 2 is 1.72 bits per heavy atom. The fraction of sp³-hybridized carbons (Fsp3) is 0.0769. The van der Waals surface area contributed by atoms with Crippen LogP contribution < -0.4 is 10.5 Å². The lowest BCUT2D eigenvalue weighted by atomic mass is 10.0. The molecule has 0 aliphatic carbocycles. The zero-order chi connectivity index (χ0) is 13.3. The van der Waals surface area contributed by atoms with Gasteiger partial charge in [0.05, 0.1) is 23.4 Å². The molecular weight excluding hydrogens is 260 g/mol. The minimum Gasteiger partial charge on any atom is -0.497 e. The van der Waals surface area contributed by atoms with Gasteiger partial charge >= 0.3 is 0 Å². The molecule has 0 fully saturated rings. The van der Waals surface area contributed by atoms with Crippen molar-refractivity contribution in [2.75, 3.05) is 12.8 Å². The van der Waals surface area contributed by atoms with Crippen LogP contribution in [-0.4, -0.2) is 7.11 Å². The Morgan fingerprint density at radius 1 is 1.11 bits per heavy atom. The summed E-state index contributed by atoms with van der Waals surface area (Å²) in [6.45, 7) is 0. The Morgan fingerprint density at radius 3 is 2.22 bits per heavy atom. The van der Waals surface area contributed by atoms with Gasteiger partial charge in [-0.1, -0.05) is 17.7 Å². The number of methoxy groups -OCH3 is 1. The van der Waals surface area contributed by atoms with Crippen LogP contribution in [0.1, 0.15) is 0 Å². The van der Waals surface area contributed by atoms with Crippen molar-refractivity contribution in [2.45, 2.75) is 0 Å². The van der Waals surface area contributed by atoms with Crippen molar-refractivity contribution < 1.29 is 13.5 Å². The third-order valence-corrected chi connectivity index (χ3v) is 2.87. The van der Waals surface area contributed by atoms with Gasteiger partial charge in [-0.2, -0.15) is 0 Å². The van der Waals surface area contributed by atoms with E-state index in [0.717, 1.165) is 12.1 Å². The van der Waals surface area contributed by atoms with Crippen molar-refractivity contribution in [3.63, 3.8) is 0 Å². The Labute approximate surface area is 108 Å². The number of nitrogen functional groups attached to an aromatic ring is 1. The molecule has 0 heterocycles. The third kappa shape index (κ3) is 2.24. The van der Waals surface area contributed by atoms with Crippen molar-refractivity contribution in [2.24, 2.45) is 0 Å². The van der Waals surface area contributed by atoms with Gasteiger partial charge < -0.3 is 10.5 Å². The van der Waals surface area contributed by atoms with Crippen molar-refractivity contribution in [1.29, 1.82) is 0 Å². The van der Waals surface area contributed by atoms with Gasteiger partial charge in [-0.05, 0) is 17.7 Å². The van der Waals surface area contributed by atoms with Gasteiger partial charge in [0.15, 0.2) is 0 Å². The van der Waals surface area contributed by atoms with E-state index >= 15 is 0 Å². The number of hydrogen-bond acceptors (Lipinski definition) is 2. The van der Waals surface area contributed by atoms with E-state index in [9.17, 15) is 8.78 Å². The first-order valence-corrected chi connectivity index (χ1v) is 5.49. The van der Waals surface area contributed by atoms with Gasteiger partial charge in [-0.15, -0.1) is 0 Å². The lowest BCUT2D eigenvalue weighted by Crippen LogP contribution is -1.94. The zero-order valence-corrected chi connectivity index (χ0v) is 10.3. The molecule has 2 N–H and O–H groups in total. The minimum absolute atomic E-state index is 0.121. The normalized spacial score (nSPS) is 10.4. The summed E-state index contributed by atoms with van der Waals surface area (Å²) < 4.78 is 32.4. The average Bonchev–Trinajstić information content (AvgIpc) is 2.32. The van der Waals surface area contributed by atoms with Crippen LogP contribution in [0.15, 0.2) is 30.3 Å². The van der Waals surface area contributed by atoms with E-state index in [-0.39, 0.29) is 16.3 Å². The fourth-order valence-electron chi connectivity index (χ4n) is 1.63. The predicted octanol–water partition coefficient (Wildman–Crippen LogP) is 3.88. The van der Waals surface area contributed by atoms with Crippen LogP contribution in [0.4, 0.5) is 14.5 Å². The van der Waals surface area contributed by atoms with Crippen LogP contribution in [-0.2, 0) is 0 Å². The molecule has 94 valence electrons. The van der Waals surface area contributed by atoms with Gasteiger partial charge in [0, 0.05) is 12.1 Å². The SMILES string of the molecule is COc1cc(F)c(-c2ccc(N)c(Cl)c2)c(F)c1. The number of nitrogens with two attached hydrogens (primary N) is 1. The summed E-state index contributed by atoms with van der Waals surface area (Å²) in [5, 5.41) is 0.252. The Kier molecular flexibility index (Phi) is 3.39. The molecule has 5 heteroatoms. The number of rotatable bonds is 2.